The predicted octanol–water partition coefficient (Wildman–Crippen LogP) is 2.40. The van der Waals surface area contributed by atoms with E-state index in [-0.39, 0.29) is 5.91 Å². The van der Waals surface area contributed by atoms with Gasteiger partial charge >= 0.3 is 0 Å². The molecule has 2 aromatic rings. The van der Waals surface area contributed by atoms with Gasteiger partial charge in [-0.3, -0.25) is 9.48 Å². The van der Waals surface area contributed by atoms with Gasteiger partial charge in [-0.15, -0.1) is 16.9 Å². The summed E-state index contributed by atoms with van der Waals surface area (Å²) in [5, 5.41) is 6.94. The van der Waals surface area contributed by atoms with E-state index < -0.39 is 0 Å². The van der Waals surface area contributed by atoms with E-state index in [0.29, 0.717) is 11.4 Å². The van der Waals surface area contributed by atoms with Gasteiger partial charge in [0, 0.05) is 18.1 Å². The van der Waals surface area contributed by atoms with Crippen LogP contribution in [-0.2, 0) is 7.05 Å². The number of ether oxygens (including phenoxy) is 1. The van der Waals surface area contributed by atoms with Crippen LogP contribution < -0.4 is 10.1 Å². The second-order valence-electron chi connectivity index (χ2n) is 3.88. The van der Waals surface area contributed by atoms with Crippen LogP contribution in [0.2, 0.25) is 0 Å². The minimum atomic E-state index is -0.230. The summed E-state index contributed by atoms with van der Waals surface area (Å²) in [5.41, 5.74) is 1.20. The first-order valence-electron chi connectivity index (χ1n) is 5.67. The molecule has 1 aromatic heterocycles. The van der Waals surface area contributed by atoms with Crippen molar-refractivity contribution in [2.45, 2.75) is 4.90 Å². The molecular formula is C13H15N3O2S. The van der Waals surface area contributed by atoms with Crippen molar-refractivity contribution in [3.05, 3.63) is 36.0 Å². The normalized spacial score (nSPS) is 10.3. The number of amides is 1. The van der Waals surface area contributed by atoms with E-state index in [9.17, 15) is 4.79 Å². The highest BCUT2D eigenvalue weighted by molar-refractivity contribution is 7.98. The largest absolute Gasteiger partial charge is 0.479 e. The van der Waals surface area contributed by atoms with Crippen LogP contribution in [0.1, 0.15) is 10.4 Å². The van der Waals surface area contributed by atoms with Crippen LogP contribution in [0, 0.1) is 0 Å². The Kier molecular flexibility index (Phi) is 4.11. The van der Waals surface area contributed by atoms with E-state index in [2.05, 4.69) is 10.4 Å². The summed E-state index contributed by atoms with van der Waals surface area (Å²) in [6.07, 6.45) is 3.60. The van der Waals surface area contributed by atoms with E-state index in [0.717, 1.165) is 10.6 Å². The molecule has 0 saturated heterocycles. The van der Waals surface area contributed by atoms with Gasteiger partial charge in [-0.1, -0.05) is 12.1 Å². The molecule has 6 heteroatoms. The topological polar surface area (TPSA) is 56.2 Å². The maximum atomic E-state index is 12.2. The molecule has 0 aliphatic carbocycles. The number of nitrogens with zero attached hydrogens (tertiary/aromatic N) is 2. The molecule has 0 bridgehead atoms. The highest BCUT2D eigenvalue weighted by Gasteiger charge is 2.17. The van der Waals surface area contributed by atoms with Crippen molar-refractivity contribution >= 4 is 23.4 Å². The van der Waals surface area contributed by atoms with E-state index in [1.165, 1.54) is 7.11 Å². The molecule has 1 aromatic carbocycles. The molecule has 2 rings (SSSR count). The van der Waals surface area contributed by atoms with Crippen LogP contribution in [0.25, 0.3) is 0 Å². The molecule has 0 unspecified atom stereocenters. The van der Waals surface area contributed by atoms with Crippen molar-refractivity contribution in [3.8, 4) is 5.88 Å². The Morgan fingerprint density at radius 1 is 1.42 bits per heavy atom. The second kappa shape index (κ2) is 5.79. The van der Waals surface area contributed by atoms with Crippen molar-refractivity contribution in [3.63, 3.8) is 0 Å². The zero-order valence-electron chi connectivity index (χ0n) is 11.0. The number of carbonyl (C=O) groups is 1. The summed E-state index contributed by atoms with van der Waals surface area (Å²) in [4.78, 5) is 13.2. The first kappa shape index (κ1) is 13.5. The van der Waals surface area contributed by atoms with Crippen LogP contribution in [0.3, 0.4) is 0 Å². The lowest BCUT2D eigenvalue weighted by Crippen LogP contribution is -2.12. The molecule has 0 aliphatic rings. The Morgan fingerprint density at radius 2 is 2.16 bits per heavy atom. The first-order chi connectivity index (χ1) is 9.15. The fourth-order valence-corrected chi connectivity index (χ4v) is 2.27. The van der Waals surface area contributed by atoms with Gasteiger partial charge in [-0.25, -0.2) is 0 Å². The summed E-state index contributed by atoms with van der Waals surface area (Å²) < 4.78 is 6.63. The third-order valence-electron chi connectivity index (χ3n) is 2.59. The number of methoxy groups -OCH3 is 1. The molecule has 1 amide bonds. The Morgan fingerprint density at radius 3 is 2.84 bits per heavy atom. The van der Waals surface area contributed by atoms with Gasteiger partial charge in [-0.2, -0.15) is 0 Å². The number of carbonyl (C=O) groups excluding carboxylic acids is 1. The summed E-state index contributed by atoms with van der Waals surface area (Å²) in [7, 11) is 3.24. The van der Waals surface area contributed by atoms with Gasteiger partial charge in [0.15, 0.2) is 0 Å². The van der Waals surface area contributed by atoms with Crippen LogP contribution in [0.4, 0.5) is 5.69 Å². The zero-order chi connectivity index (χ0) is 13.8. The Labute approximate surface area is 116 Å². The number of nitrogens with one attached hydrogen (secondary N) is 1. The standard InChI is InChI=1S/C13H15N3O2S/c1-16-8-9(13(15-16)18-2)12(17)14-10-6-4-5-7-11(10)19-3/h4-8H,1-3H3,(H,14,17). The van der Waals surface area contributed by atoms with E-state index in [4.69, 9.17) is 4.74 Å². The number of aryl methyl sites for hydroxylation is 1. The van der Waals surface area contributed by atoms with Crippen LogP contribution in [0.15, 0.2) is 35.4 Å². The second-order valence-corrected chi connectivity index (χ2v) is 4.73. The van der Waals surface area contributed by atoms with Gasteiger partial charge in [0.1, 0.15) is 5.56 Å². The number of para-hydroxylation sites is 1. The van der Waals surface area contributed by atoms with Gasteiger partial charge in [0.2, 0.25) is 5.88 Å². The minimum Gasteiger partial charge on any atom is -0.479 e. The Bertz CT molecular complexity index is 595. The van der Waals surface area contributed by atoms with Crippen molar-refractivity contribution in [1.82, 2.24) is 9.78 Å². The smallest absolute Gasteiger partial charge is 0.262 e. The minimum absolute atomic E-state index is 0.230. The summed E-state index contributed by atoms with van der Waals surface area (Å²) in [5.74, 6) is 0.0908. The van der Waals surface area contributed by atoms with Crippen LogP contribution >= 0.6 is 11.8 Å². The van der Waals surface area contributed by atoms with Gasteiger partial charge in [-0.05, 0) is 18.4 Å². The molecule has 0 aliphatic heterocycles. The van der Waals surface area contributed by atoms with E-state index >= 15 is 0 Å². The quantitative estimate of drug-likeness (QED) is 0.872. The lowest BCUT2D eigenvalue weighted by Gasteiger charge is -2.08. The Hall–Kier alpha value is -1.95. The molecule has 100 valence electrons. The molecule has 0 atom stereocenters. The fourth-order valence-electron chi connectivity index (χ4n) is 1.71. The lowest BCUT2D eigenvalue weighted by atomic mass is 10.2. The first-order valence-corrected chi connectivity index (χ1v) is 6.90. The maximum Gasteiger partial charge on any atom is 0.262 e. The third kappa shape index (κ3) is 2.90. The number of thioether (sulfide) groups is 1. The molecule has 1 heterocycles. The molecular weight excluding hydrogens is 262 g/mol. The summed E-state index contributed by atoms with van der Waals surface area (Å²) in [6, 6.07) is 7.65. The third-order valence-corrected chi connectivity index (χ3v) is 3.38. The monoisotopic (exact) mass is 277 g/mol. The lowest BCUT2D eigenvalue weighted by molar-refractivity contribution is 0.102. The molecule has 0 radical (unpaired) electrons. The Balaban J connectivity index is 2.25. The summed E-state index contributed by atoms with van der Waals surface area (Å²) in [6.45, 7) is 0. The van der Waals surface area contributed by atoms with Gasteiger partial charge in [0.25, 0.3) is 5.91 Å². The highest BCUT2D eigenvalue weighted by atomic mass is 32.2. The number of hydrogen-bond donors (Lipinski definition) is 1. The van der Waals surface area contributed by atoms with Crippen molar-refractivity contribution < 1.29 is 9.53 Å². The highest BCUT2D eigenvalue weighted by Crippen LogP contribution is 2.26. The SMILES string of the molecule is COc1nn(C)cc1C(=O)Nc1ccccc1SC. The number of rotatable bonds is 4. The molecule has 0 fully saturated rings. The fraction of sp³-hybridized carbons (Fsp3) is 0.231. The van der Waals surface area contributed by atoms with Crippen LogP contribution in [-0.4, -0.2) is 29.1 Å². The predicted molar refractivity (Wildman–Crippen MR) is 75.9 cm³/mol. The zero-order valence-corrected chi connectivity index (χ0v) is 11.8. The van der Waals surface area contributed by atoms with Crippen molar-refractivity contribution in [2.24, 2.45) is 7.05 Å². The molecule has 5 nitrogen and oxygen atoms in total. The molecule has 19 heavy (non-hydrogen) atoms. The average molecular weight is 277 g/mol. The van der Waals surface area contributed by atoms with Gasteiger partial charge < -0.3 is 10.1 Å². The van der Waals surface area contributed by atoms with Crippen LogP contribution in [0.5, 0.6) is 5.88 Å². The molecule has 0 spiro atoms. The van der Waals surface area contributed by atoms with Crippen molar-refractivity contribution in [2.75, 3.05) is 18.7 Å². The average Bonchev–Trinajstić information content (AvgIpc) is 2.80. The number of hydrogen-bond acceptors (Lipinski definition) is 4. The number of aromatic nitrogens is 2. The molecule has 0 saturated carbocycles. The number of anilines is 1. The van der Waals surface area contributed by atoms with Crippen molar-refractivity contribution in [1.29, 1.82) is 0 Å². The molecule has 1 N–H and O–H groups in total. The van der Waals surface area contributed by atoms with Gasteiger partial charge in [0.05, 0.1) is 12.8 Å². The summed E-state index contributed by atoms with van der Waals surface area (Å²) >= 11 is 1.58. The number of benzene rings is 1. The van der Waals surface area contributed by atoms with E-state index in [1.807, 2.05) is 30.5 Å². The van der Waals surface area contributed by atoms with E-state index in [1.54, 1.807) is 29.7 Å². The maximum absolute atomic E-state index is 12.2.